The third kappa shape index (κ3) is 3.81. The van der Waals surface area contributed by atoms with Gasteiger partial charge in [-0.2, -0.15) is 10.1 Å². The Hall–Kier alpha value is -3.62. The number of rotatable bonds is 6. The lowest BCUT2D eigenvalue weighted by Gasteiger charge is -2.13. The third-order valence-electron chi connectivity index (χ3n) is 4.20. The van der Waals surface area contributed by atoms with Gasteiger partial charge in [-0.05, 0) is 36.3 Å². The van der Waals surface area contributed by atoms with E-state index >= 15 is 0 Å². The number of methoxy groups -OCH3 is 1. The second-order valence-corrected chi connectivity index (χ2v) is 5.99. The molecule has 0 atom stereocenters. The Morgan fingerprint density at radius 1 is 1.26 bits per heavy atom. The fraction of sp³-hybridized carbons (Fsp3) is 0.222. The number of carbonyl (C=O) groups excluding carboxylic acids is 1. The van der Waals surface area contributed by atoms with Crippen molar-refractivity contribution in [3.05, 3.63) is 48.1 Å². The van der Waals surface area contributed by atoms with Crippen LogP contribution in [0.4, 0.5) is 11.6 Å². The summed E-state index contributed by atoms with van der Waals surface area (Å²) in [6, 6.07) is 5.86. The number of carbonyl (C=O) groups is 1. The van der Waals surface area contributed by atoms with E-state index in [0.717, 1.165) is 34.3 Å². The number of aromatic amines is 2. The molecule has 2 aromatic heterocycles. The van der Waals surface area contributed by atoms with E-state index in [9.17, 15) is 4.79 Å². The summed E-state index contributed by atoms with van der Waals surface area (Å²) >= 11 is 0. The number of ether oxygens (including phenoxy) is 2. The molecule has 27 heavy (non-hydrogen) atoms. The van der Waals surface area contributed by atoms with E-state index in [-0.39, 0.29) is 6.61 Å². The van der Waals surface area contributed by atoms with E-state index in [1.54, 1.807) is 6.20 Å². The van der Waals surface area contributed by atoms with Crippen LogP contribution in [0, 0.1) is 0 Å². The van der Waals surface area contributed by atoms with Crippen LogP contribution >= 0.6 is 0 Å². The molecule has 4 rings (SSSR count). The molecule has 9 heteroatoms. The molecule has 0 aliphatic heterocycles. The van der Waals surface area contributed by atoms with Crippen LogP contribution < -0.4 is 5.32 Å². The molecule has 3 N–H and O–H groups in total. The average molecular weight is 366 g/mol. The third-order valence-corrected chi connectivity index (χ3v) is 4.20. The maximum atomic E-state index is 11.1. The van der Waals surface area contributed by atoms with Crippen molar-refractivity contribution in [2.75, 3.05) is 19.0 Å². The monoisotopic (exact) mass is 366 g/mol. The molecular weight excluding hydrogens is 348 g/mol. The Bertz CT molecular complexity index is 1030. The quantitative estimate of drug-likeness (QED) is 0.574. The smallest absolute Gasteiger partial charge is 0.343 e. The normalized spacial score (nSPS) is 13.8. The van der Waals surface area contributed by atoms with Crippen LogP contribution in [0.25, 0.3) is 16.5 Å². The van der Waals surface area contributed by atoms with Crippen molar-refractivity contribution in [2.45, 2.75) is 12.8 Å². The number of nitrogens with zero attached hydrogens (tertiary/aromatic N) is 3. The lowest BCUT2D eigenvalue weighted by molar-refractivity contribution is -0.144. The van der Waals surface area contributed by atoms with Gasteiger partial charge >= 0.3 is 5.97 Å². The molecule has 0 spiro atoms. The van der Waals surface area contributed by atoms with Crippen LogP contribution in [0.5, 0.6) is 0 Å². The molecule has 1 aromatic carbocycles. The van der Waals surface area contributed by atoms with Gasteiger partial charge < -0.3 is 14.8 Å². The van der Waals surface area contributed by atoms with Crippen LogP contribution in [0.2, 0.25) is 0 Å². The Morgan fingerprint density at radius 2 is 2.19 bits per heavy atom. The Labute approximate surface area is 154 Å². The number of aromatic nitrogens is 5. The van der Waals surface area contributed by atoms with E-state index < -0.39 is 5.97 Å². The molecule has 0 saturated carbocycles. The summed E-state index contributed by atoms with van der Waals surface area (Å²) in [6.45, 7) is -0.0805. The molecule has 0 saturated heterocycles. The summed E-state index contributed by atoms with van der Waals surface area (Å²) < 4.78 is 9.97. The molecule has 2 heterocycles. The van der Waals surface area contributed by atoms with Gasteiger partial charge in [0.1, 0.15) is 0 Å². The maximum absolute atomic E-state index is 11.1. The van der Waals surface area contributed by atoms with Gasteiger partial charge in [-0.15, -0.1) is 5.10 Å². The zero-order chi connectivity index (χ0) is 18.6. The number of esters is 1. The molecule has 9 nitrogen and oxygen atoms in total. The summed E-state index contributed by atoms with van der Waals surface area (Å²) in [5.74, 6) is 1.54. The first kappa shape index (κ1) is 16.8. The number of hydrogen-bond acceptors (Lipinski definition) is 7. The number of benzene rings is 1. The second kappa shape index (κ2) is 7.32. The standard InChI is InChI=1S/C18H18N6O3/c1-26-16(25)10-27-14-5-2-11(3-6-14)17-21-18(24-23-17)20-13-4-7-15-12(8-13)9-19-22-15/h2,4-5,7-9H,3,6,10H2,1H3,(H,19,22)(H2,20,21,23,24). The largest absolute Gasteiger partial charge is 0.486 e. The molecule has 138 valence electrons. The van der Waals surface area contributed by atoms with E-state index in [4.69, 9.17) is 4.74 Å². The highest BCUT2D eigenvalue weighted by Crippen LogP contribution is 2.26. The second-order valence-electron chi connectivity index (χ2n) is 5.99. The molecular formula is C18H18N6O3. The fourth-order valence-corrected chi connectivity index (χ4v) is 2.76. The molecule has 1 aliphatic carbocycles. The van der Waals surface area contributed by atoms with Gasteiger partial charge in [-0.25, -0.2) is 4.79 Å². The zero-order valence-electron chi connectivity index (χ0n) is 14.7. The van der Waals surface area contributed by atoms with Crippen molar-refractivity contribution in [1.82, 2.24) is 25.4 Å². The number of H-pyrrole nitrogens is 2. The van der Waals surface area contributed by atoms with Gasteiger partial charge in [-0.1, -0.05) is 6.08 Å². The SMILES string of the molecule is COC(=O)COC1=CC=C(c2nc(Nc3ccc4[nH]ncc4c3)n[nH]2)CC1. The van der Waals surface area contributed by atoms with Crippen LogP contribution in [-0.4, -0.2) is 45.1 Å². The predicted octanol–water partition coefficient (Wildman–Crippen LogP) is 2.68. The minimum atomic E-state index is -0.398. The first-order chi connectivity index (χ1) is 13.2. The molecule has 0 amide bonds. The Morgan fingerprint density at radius 3 is 3.00 bits per heavy atom. The van der Waals surface area contributed by atoms with Crippen LogP contribution in [-0.2, 0) is 14.3 Å². The van der Waals surface area contributed by atoms with E-state index in [0.29, 0.717) is 18.2 Å². The number of hydrogen-bond donors (Lipinski definition) is 3. The summed E-state index contributed by atoms with van der Waals surface area (Å²) in [5.41, 5.74) is 2.87. The van der Waals surface area contributed by atoms with Gasteiger partial charge in [0, 0.05) is 17.5 Å². The van der Waals surface area contributed by atoms with Gasteiger partial charge in [0.25, 0.3) is 0 Å². The van der Waals surface area contributed by atoms with Gasteiger partial charge in [0.15, 0.2) is 12.4 Å². The maximum Gasteiger partial charge on any atom is 0.343 e. The minimum Gasteiger partial charge on any atom is -0.486 e. The van der Waals surface area contributed by atoms with Crippen LogP contribution in [0.15, 0.2) is 42.3 Å². The minimum absolute atomic E-state index is 0.0805. The zero-order valence-corrected chi connectivity index (χ0v) is 14.7. The highest BCUT2D eigenvalue weighted by atomic mass is 16.6. The van der Waals surface area contributed by atoms with Gasteiger partial charge in [0.05, 0.1) is 24.6 Å². The first-order valence-electron chi connectivity index (χ1n) is 8.43. The lowest BCUT2D eigenvalue weighted by Crippen LogP contribution is -2.10. The average Bonchev–Trinajstić information content (AvgIpc) is 3.35. The molecule has 0 fully saturated rings. The molecule has 0 radical (unpaired) electrons. The lowest BCUT2D eigenvalue weighted by atomic mass is 10.0. The van der Waals surface area contributed by atoms with Gasteiger partial charge in [-0.3, -0.25) is 10.2 Å². The van der Waals surface area contributed by atoms with Crippen molar-refractivity contribution >= 4 is 34.1 Å². The summed E-state index contributed by atoms with van der Waals surface area (Å²) in [4.78, 5) is 15.6. The van der Waals surface area contributed by atoms with Crippen molar-refractivity contribution in [1.29, 1.82) is 0 Å². The first-order valence-corrected chi connectivity index (χ1v) is 8.43. The Balaban J connectivity index is 1.42. The summed E-state index contributed by atoms with van der Waals surface area (Å²) in [6.07, 6.45) is 6.94. The predicted molar refractivity (Wildman–Crippen MR) is 99.0 cm³/mol. The van der Waals surface area contributed by atoms with Crippen molar-refractivity contribution in [3.63, 3.8) is 0 Å². The number of allylic oxidation sites excluding steroid dienone is 4. The van der Waals surface area contributed by atoms with E-state index in [1.165, 1.54) is 7.11 Å². The van der Waals surface area contributed by atoms with Crippen molar-refractivity contribution in [3.8, 4) is 0 Å². The van der Waals surface area contributed by atoms with Crippen molar-refractivity contribution < 1.29 is 14.3 Å². The van der Waals surface area contributed by atoms with Crippen molar-refractivity contribution in [2.24, 2.45) is 0 Å². The molecule has 1 aliphatic rings. The fourth-order valence-electron chi connectivity index (χ4n) is 2.76. The van der Waals surface area contributed by atoms with E-state index in [2.05, 4.69) is 35.4 Å². The molecule has 3 aromatic rings. The van der Waals surface area contributed by atoms with Crippen LogP contribution in [0.1, 0.15) is 18.7 Å². The highest BCUT2D eigenvalue weighted by molar-refractivity contribution is 5.82. The number of fused-ring (bicyclic) bond motifs is 1. The molecule has 0 bridgehead atoms. The Kier molecular flexibility index (Phi) is 4.56. The number of anilines is 2. The summed E-state index contributed by atoms with van der Waals surface area (Å²) in [7, 11) is 1.34. The van der Waals surface area contributed by atoms with E-state index in [1.807, 2.05) is 30.4 Å². The highest BCUT2D eigenvalue weighted by Gasteiger charge is 2.14. The topological polar surface area (TPSA) is 118 Å². The van der Waals surface area contributed by atoms with Gasteiger partial charge in [0.2, 0.25) is 5.95 Å². The van der Waals surface area contributed by atoms with Crippen LogP contribution in [0.3, 0.4) is 0 Å². The molecule has 0 unspecified atom stereocenters. The summed E-state index contributed by atoms with van der Waals surface area (Å²) in [5, 5.41) is 18.3. The number of nitrogens with one attached hydrogen (secondary N) is 3.